The van der Waals surface area contributed by atoms with Crippen LogP contribution < -0.4 is 4.90 Å². The van der Waals surface area contributed by atoms with Crippen LogP contribution in [0, 0.1) is 0 Å². The first-order valence-corrected chi connectivity index (χ1v) is 18.2. The van der Waals surface area contributed by atoms with E-state index in [1.807, 2.05) is 6.07 Å². The maximum absolute atomic E-state index is 13.5. The second kappa shape index (κ2) is 17.9. The van der Waals surface area contributed by atoms with Gasteiger partial charge in [0.25, 0.3) is 0 Å². The maximum Gasteiger partial charge on any atom is 0.416 e. The molecule has 276 valence electrons. The predicted molar refractivity (Wildman–Crippen MR) is 206 cm³/mol. The van der Waals surface area contributed by atoms with Gasteiger partial charge in [-0.2, -0.15) is 26.3 Å². The van der Waals surface area contributed by atoms with E-state index >= 15 is 0 Å². The van der Waals surface area contributed by atoms with Gasteiger partial charge in [0.2, 0.25) is 0 Å². The summed E-state index contributed by atoms with van der Waals surface area (Å²) in [5, 5.41) is 4.72. The number of hydrogen-bond acceptors (Lipinski definition) is 0. The van der Waals surface area contributed by atoms with E-state index in [-0.39, 0.29) is 0 Å². The first kappa shape index (κ1) is 40.4. The highest BCUT2D eigenvalue weighted by Crippen LogP contribution is 2.46. The Kier molecular flexibility index (Phi) is 13.9. The van der Waals surface area contributed by atoms with Crippen molar-refractivity contribution in [3.63, 3.8) is 0 Å². The number of allylic oxidation sites excluding steroid dienone is 3. The molecule has 1 heterocycles. The Bertz CT molecular complexity index is 1980. The monoisotopic (exact) mass is 718 g/mol. The average Bonchev–Trinajstić information content (AvgIpc) is 3.30. The van der Waals surface area contributed by atoms with Gasteiger partial charge in [-0.15, -0.1) is 6.58 Å². The highest BCUT2D eigenvalue weighted by molar-refractivity contribution is 6.11. The van der Waals surface area contributed by atoms with Gasteiger partial charge in [-0.3, -0.25) is 0 Å². The molecule has 0 aliphatic carbocycles. The van der Waals surface area contributed by atoms with Gasteiger partial charge >= 0.3 is 12.4 Å². The van der Waals surface area contributed by atoms with Gasteiger partial charge in [-0.25, -0.2) is 0 Å². The number of hydrogen-bond donors (Lipinski definition) is 1. The Morgan fingerprint density at radius 1 is 0.731 bits per heavy atom. The van der Waals surface area contributed by atoms with Crippen molar-refractivity contribution < 1.29 is 31.2 Å². The zero-order valence-electron chi connectivity index (χ0n) is 30.9. The fourth-order valence-corrected chi connectivity index (χ4v) is 6.65. The third-order valence-electron chi connectivity index (χ3n) is 9.56. The molecule has 0 amide bonds. The van der Waals surface area contributed by atoms with Crippen molar-refractivity contribution >= 4 is 27.1 Å². The fourth-order valence-electron chi connectivity index (χ4n) is 6.65. The minimum atomic E-state index is -4.36. The molecule has 6 rings (SSSR count). The van der Waals surface area contributed by atoms with Gasteiger partial charge in [0.1, 0.15) is 13.1 Å². The predicted octanol–water partition coefficient (Wildman–Crippen LogP) is 13.4. The molecule has 0 spiro atoms. The molecule has 0 aromatic heterocycles. The summed E-state index contributed by atoms with van der Waals surface area (Å²) in [7, 11) is 0. The molecule has 0 saturated carbocycles. The van der Waals surface area contributed by atoms with E-state index in [0.29, 0.717) is 0 Å². The SMILES string of the molecule is C/C=C(\C)c1cc2ccccc2c2c1C[NH+](CCCC)Cc1c(-c3ccc(C(F)(F)F)cc3)cc3ccccc3c1-2.C=CCC(F)(F)F.CCCC. The van der Waals surface area contributed by atoms with Crippen molar-refractivity contribution in [2.45, 2.75) is 92.2 Å². The zero-order valence-corrected chi connectivity index (χ0v) is 30.9. The lowest BCUT2D eigenvalue weighted by Crippen LogP contribution is -3.09. The van der Waals surface area contributed by atoms with E-state index in [9.17, 15) is 26.3 Å². The van der Waals surface area contributed by atoms with Gasteiger partial charge < -0.3 is 4.90 Å². The van der Waals surface area contributed by atoms with Crippen molar-refractivity contribution in [1.82, 2.24) is 0 Å². The van der Waals surface area contributed by atoms with Gasteiger partial charge in [-0.05, 0) is 88.3 Å². The number of nitrogens with one attached hydrogen (secondary N) is 1. The summed E-state index contributed by atoms with van der Waals surface area (Å²) < 4.78 is 73.3. The normalized spacial score (nSPS) is 14.4. The number of alkyl halides is 6. The number of rotatable bonds is 7. The molecule has 0 saturated heterocycles. The standard InChI is InChI=1S/C37H34F3N.C4H5F3.C4H10/c1-4-6-19-41-22-33-31(24(3)5-2)20-26-11-7-9-13-29(26)35(33)36-30-14-10-8-12-27(30)21-32(34(36)23-41)25-15-17-28(18-16-25)37(38,39)40;1-2-3-4(5,6)7;1-3-4-2/h5,7-18,20-21H,4,6,19,22-23H2,1-3H3;2H,1,3H2;3-4H2,1-2H3/p+1/b24-5+;;. The summed E-state index contributed by atoms with van der Waals surface area (Å²) in [5.74, 6) is 0. The summed E-state index contributed by atoms with van der Waals surface area (Å²) in [5.41, 5.74) is 8.83. The van der Waals surface area contributed by atoms with E-state index in [0.717, 1.165) is 55.1 Å². The minimum absolute atomic E-state index is 0.619. The Balaban J connectivity index is 0.000000482. The van der Waals surface area contributed by atoms with Crippen molar-refractivity contribution in [1.29, 1.82) is 0 Å². The third-order valence-corrected chi connectivity index (χ3v) is 9.56. The topological polar surface area (TPSA) is 4.44 Å². The van der Waals surface area contributed by atoms with Crippen molar-refractivity contribution in [2.24, 2.45) is 0 Å². The van der Waals surface area contributed by atoms with Crippen LogP contribution in [0.15, 0.2) is 104 Å². The Labute approximate surface area is 304 Å². The molecule has 1 aliphatic heterocycles. The summed E-state index contributed by atoms with van der Waals surface area (Å²) in [6, 6.07) is 27.3. The molecule has 1 N–H and O–H groups in total. The number of quaternary nitrogens is 1. The highest BCUT2D eigenvalue weighted by Gasteiger charge is 2.32. The number of unbranched alkanes of at least 4 members (excludes halogenated alkanes) is 2. The Morgan fingerprint density at radius 2 is 1.27 bits per heavy atom. The Morgan fingerprint density at radius 3 is 1.75 bits per heavy atom. The van der Waals surface area contributed by atoms with Gasteiger partial charge in [-0.1, -0.05) is 113 Å². The van der Waals surface area contributed by atoms with Crippen LogP contribution in [0.1, 0.15) is 89.0 Å². The molecular formula is C45H50F6N+. The highest BCUT2D eigenvalue weighted by atomic mass is 19.4. The second-order valence-corrected chi connectivity index (χ2v) is 13.4. The molecule has 0 bridgehead atoms. The van der Waals surface area contributed by atoms with Crippen LogP contribution in [-0.4, -0.2) is 12.7 Å². The molecule has 1 nitrogen and oxygen atoms in total. The lowest BCUT2D eigenvalue weighted by molar-refractivity contribution is -0.927. The first-order valence-electron chi connectivity index (χ1n) is 18.2. The number of benzene rings is 5. The summed E-state index contributed by atoms with van der Waals surface area (Å²) in [4.78, 5) is 1.48. The van der Waals surface area contributed by atoms with E-state index in [4.69, 9.17) is 0 Å². The molecule has 0 fully saturated rings. The van der Waals surface area contributed by atoms with Crippen LogP contribution in [-0.2, 0) is 19.3 Å². The molecule has 1 unspecified atom stereocenters. The quantitative estimate of drug-likeness (QED) is 0.126. The van der Waals surface area contributed by atoms with Gasteiger partial charge in [0.15, 0.2) is 0 Å². The van der Waals surface area contributed by atoms with E-state index < -0.39 is 24.3 Å². The van der Waals surface area contributed by atoms with E-state index in [1.54, 1.807) is 12.1 Å². The van der Waals surface area contributed by atoms with Gasteiger partial charge in [0, 0.05) is 22.3 Å². The third kappa shape index (κ3) is 9.74. The lowest BCUT2D eigenvalue weighted by atomic mass is 9.82. The molecule has 1 atom stereocenters. The second-order valence-electron chi connectivity index (χ2n) is 13.4. The van der Waals surface area contributed by atoms with Crippen molar-refractivity contribution in [2.75, 3.05) is 6.54 Å². The van der Waals surface area contributed by atoms with Crippen LogP contribution in [0.2, 0.25) is 0 Å². The zero-order chi connectivity index (χ0) is 38.1. The molecule has 7 heteroatoms. The Hall–Kier alpha value is -4.36. The van der Waals surface area contributed by atoms with Crippen LogP contribution in [0.25, 0.3) is 49.4 Å². The molecular weight excluding hydrogens is 668 g/mol. The lowest BCUT2D eigenvalue weighted by Gasteiger charge is -2.21. The smallest absolute Gasteiger partial charge is 0.327 e. The van der Waals surface area contributed by atoms with Crippen molar-refractivity contribution in [3.8, 4) is 22.3 Å². The average molecular weight is 719 g/mol. The molecule has 5 aromatic carbocycles. The minimum Gasteiger partial charge on any atom is -0.327 e. The number of fused-ring (bicyclic) bond motifs is 7. The number of halogens is 6. The van der Waals surface area contributed by atoms with Gasteiger partial charge in [0.05, 0.1) is 18.5 Å². The van der Waals surface area contributed by atoms with Crippen molar-refractivity contribution in [3.05, 3.63) is 126 Å². The van der Waals surface area contributed by atoms with E-state index in [2.05, 4.69) is 102 Å². The van der Waals surface area contributed by atoms with Crippen LogP contribution in [0.4, 0.5) is 26.3 Å². The first-order chi connectivity index (χ1) is 24.8. The molecule has 1 aliphatic rings. The van der Waals surface area contributed by atoms with E-state index in [1.165, 1.54) is 79.4 Å². The largest absolute Gasteiger partial charge is 0.416 e. The van der Waals surface area contributed by atoms with Crippen LogP contribution >= 0.6 is 0 Å². The summed E-state index contributed by atoms with van der Waals surface area (Å²) in [6.45, 7) is 16.6. The molecule has 5 aromatic rings. The molecule has 0 radical (unpaired) electrons. The van der Waals surface area contributed by atoms with Crippen LogP contribution in [0.5, 0.6) is 0 Å². The molecule has 52 heavy (non-hydrogen) atoms. The maximum atomic E-state index is 13.5. The summed E-state index contributed by atoms with van der Waals surface area (Å²) >= 11 is 0. The fraction of sp³-hybridized carbons (Fsp3) is 0.333. The summed E-state index contributed by atoms with van der Waals surface area (Å²) in [6.07, 6.45) is -1.42. The van der Waals surface area contributed by atoms with Crippen LogP contribution in [0.3, 0.4) is 0 Å².